The normalized spacial score (nSPS) is 23.4. The van der Waals surface area contributed by atoms with Gasteiger partial charge in [-0.25, -0.2) is 5.43 Å². The number of hydrogen-bond donors (Lipinski definition) is 2. The predicted molar refractivity (Wildman–Crippen MR) is 67.8 cm³/mol. The van der Waals surface area contributed by atoms with E-state index in [4.69, 9.17) is 16.1 Å². The van der Waals surface area contributed by atoms with Crippen molar-refractivity contribution in [3.05, 3.63) is 35.2 Å². The van der Waals surface area contributed by atoms with Crippen molar-refractivity contribution in [3.63, 3.8) is 0 Å². The number of rotatable bonds is 2. The summed E-state index contributed by atoms with van der Waals surface area (Å²) in [5.74, 6) is 1.11. The van der Waals surface area contributed by atoms with Crippen LogP contribution in [0.3, 0.4) is 0 Å². The Labute approximate surface area is 110 Å². The lowest BCUT2D eigenvalue weighted by molar-refractivity contribution is 0.340. The summed E-state index contributed by atoms with van der Waals surface area (Å²) in [6.45, 7) is 2.10. The molecule has 94 valence electrons. The van der Waals surface area contributed by atoms with E-state index in [1.807, 2.05) is 24.3 Å². The number of hydrazine groups is 1. The molecule has 1 aliphatic heterocycles. The summed E-state index contributed by atoms with van der Waals surface area (Å²) in [5.41, 5.74) is 7.03. The first kappa shape index (κ1) is 11.6. The minimum atomic E-state index is 0.0590. The van der Waals surface area contributed by atoms with Crippen molar-refractivity contribution in [1.29, 1.82) is 0 Å². The third kappa shape index (κ3) is 2.12. The molecule has 0 aliphatic carbocycles. The van der Waals surface area contributed by atoms with Crippen molar-refractivity contribution < 1.29 is 4.52 Å². The maximum atomic E-state index is 6.10. The number of benzene rings is 1. The third-order valence-electron chi connectivity index (χ3n) is 2.95. The van der Waals surface area contributed by atoms with Crippen molar-refractivity contribution in [3.8, 4) is 11.4 Å². The van der Waals surface area contributed by atoms with Crippen LogP contribution in [0.25, 0.3) is 11.4 Å². The van der Waals surface area contributed by atoms with Gasteiger partial charge in [-0.05, 0) is 25.5 Å². The first-order valence-electron chi connectivity index (χ1n) is 5.83. The van der Waals surface area contributed by atoms with E-state index in [0.29, 0.717) is 22.8 Å². The van der Waals surface area contributed by atoms with Gasteiger partial charge >= 0.3 is 0 Å². The molecular weight excluding hydrogens is 252 g/mol. The van der Waals surface area contributed by atoms with E-state index >= 15 is 0 Å². The van der Waals surface area contributed by atoms with Crippen LogP contribution in [-0.4, -0.2) is 16.2 Å². The highest BCUT2D eigenvalue weighted by Crippen LogP contribution is 2.27. The number of hydrogen-bond acceptors (Lipinski definition) is 5. The molecule has 5 nitrogen and oxygen atoms in total. The van der Waals surface area contributed by atoms with E-state index in [1.165, 1.54) is 0 Å². The second-order valence-corrected chi connectivity index (χ2v) is 4.82. The summed E-state index contributed by atoms with van der Waals surface area (Å²) < 4.78 is 5.28. The molecule has 6 heteroatoms. The van der Waals surface area contributed by atoms with E-state index in [2.05, 4.69) is 27.9 Å². The zero-order chi connectivity index (χ0) is 12.5. The van der Waals surface area contributed by atoms with Crippen molar-refractivity contribution in [1.82, 2.24) is 21.0 Å². The first-order chi connectivity index (χ1) is 8.74. The Morgan fingerprint density at radius 3 is 2.89 bits per heavy atom. The van der Waals surface area contributed by atoms with Gasteiger partial charge in [-0.1, -0.05) is 28.9 Å². The van der Waals surface area contributed by atoms with Crippen LogP contribution in [0, 0.1) is 0 Å². The van der Waals surface area contributed by atoms with Crippen LogP contribution < -0.4 is 10.9 Å². The molecule has 1 saturated heterocycles. The van der Waals surface area contributed by atoms with Gasteiger partial charge in [0.15, 0.2) is 0 Å². The number of nitrogens with one attached hydrogen (secondary N) is 2. The topological polar surface area (TPSA) is 63.0 Å². The fraction of sp³-hybridized carbons (Fsp3) is 0.333. The van der Waals surface area contributed by atoms with Crippen LogP contribution >= 0.6 is 11.6 Å². The molecule has 0 amide bonds. The van der Waals surface area contributed by atoms with Gasteiger partial charge in [-0.15, -0.1) is 0 Å². The lowest BCUT2D eigenvalue weighted by Gasteiger charge is -2.01. The van der Waals surface area contributed by atoms with Crippen LogP contribution in [0.2, 0.25) is 5.02 Å². The lowest BCUT2D eigenvalue weighted by atomic mass is 10.1. The molecule has 0 bridgehead atoms. The molecule has 1 aromatic heterocycles. The minimum Gasteiger partial charge on any atom is -0.337 e. The highest BCUT2D eigenvalue weighted by Gasteiger charge is 2.27. The molecule has 2 N–H and O–H groups in total. The second-order valence-electron chi connectivity index (χ2n) is 4.41. The van der Waals surface area contributed by atoms with E-state index in [1.54, 1.807) is 0 Å². The lowest BCUT2D eigenvalue weighted by Crippen LogP contribution is -2.28. The van der Waals surface area contributed by atoms with Gasteiger partial charge in [0.1, 0.15) is 6.04 Å². The fourth-order valence-corrected chi connectivity index (χ4v) is 2.23. The van der Waals surface area contributed by atoms with Crippen LogP contribution in [0.4, 0.5) is 0 Å². The molecule has 0 spiro atoms. The van der Waals surface area contributed by atoms with E-state index in [0.717, 1.165) is 12.0 Å². The average Bonchev–Trinajstić information content (AvgIpc) is 2.98. The predicted octanol–water partition coefficient (Wildman–Crippen LogP) is 2.32. The summed E-state index contributed by atoms with van der Waals surface area (Å²) in [5, 5.41) is 4.60. The smallest absolute Gasteiger partial charge is 0.245 e. The zero-order valence-corrected chi connectivity index (χ0v) is 10.6. The van der Waals surface area contributed by atoms with E-state index in [9.17, 15) is 0 Å². The maximum Gasteiger partial charge on any atom is 0.245 e. The Bertz CT molecular complexity index is 557. The number of aromatic nitrogens is 2. The molecule has 0 radical (unpaired) electrons. The Balaban J connectivity index is 1.88. The van der Waals surface area contributed by atoms with Crippen molar-refractivity contribution >= 4 is 11.6 Å². The summed E-state index contributed by atoms with van der Waals surface area (Å²) in [7, 11) is 0. The Morgan fingerprint density at radius 2 is 2.17 bits per heavy atom. The molecule has 18 heavy (non-hydrogen) atoms. The number of halogens is 1. The quantitative estimate of drug-likeness (QED) is 0.872. The van der Waals surface area contributed by atoms with Gasteiger partial charge in [0.05, 0.1) is 5.02 Å². The zero-order valence-electron chi connectivity index (χ0n) is 9.85. The SMILES string of the molecule is CC1CC(c2nc(-c3ccccc3Cl)no2)NN1. The third-order valence-corrected chi connectivity index (χ3v) is 3.28. The molecule has 1 aliphatic rings. The Morgan fingerprint density at radius 1 is 1.33 bits per heavy atom. The van der Waals surface area contributed by atoms with Crippen molar-refractivity contribution in [2.24, 2.45) is 0 Å². The molecule has 3 rings (SSSR count). The number of nitrogens with zero attached hydrogens (tertiary/aromatic N) is 2. The van der Waals surface area contributed by atoms with Gasteiger partial charge in [0.25, 0.3) is 0 Å². The van der Waals surface area contributed by atoms with E-state index < -0.39 is 0 Å². The molecule has 1 aromatic carbocycles. The van der Waals surface area contributed by atoms with Crippen LogP contribution in [-0.2, 0) is 0 Å². The maximum absolute atomic E-state index is 6.10. The van der Waals surface area contributed by atoms with Crippen LogP contribution in [0.1, 0.15) is 25.3 Å². The summed E-state index contributed by atoms with van der Waals surface area (Å²) in [4.78, 5) is 4.39. The Kier molecular flexibility index (Phi) is 3.03. The van der Waals surface area contributed by atoms with E-state index in [-0.39, 0.29) is 6.04 Å². The molecule has 2 aromatic rings. The van der Waals surface area contributed by atoms with Gasteiger partial charge in [0.2, 0.25) is 11.7 Å². The first-order valence-corrected chi connectivity index (χ1v) is 6.21. The van der Waals surface area contributed by atoms with Gasteiger partial charge < -0.3 is 4.52 Å². The molecular formula is C12H13ClN4O. The largest absolute Gasteiger partial charge is 0.337 e. The monoisotopic (exact) mass is 264 g/mol. The Hall–Kier alpha value is -1.43. The standard InChI is InChI=1S/C12H13ClN4O/c1-7-6-10(16-15-7)12-14-11(17-18-12)8-4-2-3-5-9(8)13/h2-5,7,10,15-16H,6H2,1H3. The molecule has 2 atom stereocenters. The highest BCUT2D eigenvalue weighted by molar-refractivity contribution is 6.33. The molecule has 1 fully saturated rings. The summed E-state index contributed by atoms with van der Waals surface area (Å²) >= 11 is 6.10. The fourth-order valence-electron chi connectivity index (χ4n) is 2.01. The van der Waals surface area contributed by atoms with Crippen LogP contribution in [0.15, 0.2) is 28.8 Å². The van der Waals surface area contributed by atoms with Gasteiger partial charge in [-0.2, -0.15) is 4.98 Å². The summed E-state index contributed by atoms with van der Waals surface area (Å²) in [6, 6.07) is 7.91. The average molecular weight is 265 g/mol. The van der Waals surface area contributed by atoms with Gasteiger partial charge in [-0.3, -0.25) is 5.43 Å². The second kappa shape index (κ2) is 4.68. The molecule has 0 saturated carbocycles. The summed E-state index contributed by atoms with van der Waals surface area (Å²) in [6.07, 6.45) is 0.921. The molecule has 2 heterocycles. The highest BCUT2D eigenvalue weighted by atomic mass is 35.5. The van der Waals surface area contributed by atoms with Gasteiger partial charge in [0, 0.05) is 11.6 Å². The molecule has 2 unspecified atom stereocenters. The van der Waals surface area contributed by atoms with Crippen LogP contribution in [0.5, 0.6) is 0 Å². The van der Waals surface area contributed by atoms with Crippen molar-refractivity contribution in [2.75, 3.05) is 0 Å². The minimum absolute atomic E-state index is 0.0590. The van der Waals surface area contributed by atoms with Crippen molar-refractivity contribution in [2.45, 2.75) is 25.4 Å².